The Morgan fingerprint density at radius 3 is 2.25 bits per heavy atom. The van der Waals surface area contributed by atoms with E-state index in [4.69, 9.17) is 10.5 Å². The van der Waals surface area contributed by atoms with Gasteiger partial charge in [0.05, 0.1) is 22.5 Å². The summed E-state index contributed by atoms with van der Waals surface area (Å²) in [6.45, 7) is 5.38. The monoisotopic (exact) mass is 393 g/mol. The minimum Gasteiger partial charge on any atom is -0.444 e. The number of nitrogen functional groups attached to an aromatic ring is 1. The summed E-state index contributed by atoms with van der Waals surface area (Å²) in [6.07, 6.45) is -2.64. The number of nitrogens with two attached hydrogens (primary N) is 1. The second kappa shape index (κ2) is 6.68. The number of carbonyl (C=O) groups is 1. The predicted molar refractivity (Wildman–Crippen MR) is 99.4 cm³/mol. The van der Waals surface area contributed by atoms with Gasteiger partial charge in [0.15, 0.2) is 0 Å². The van der Waals surface area contributed by atoms with E-state index in [0.717, 1.165) is 30.7 Å². The molecule has 3 N–H and O–H groups in total. The van der Waals surface area contributed by atoms with Crippen molar-refractivity contribution in [3.8, 4) is 11.3 Å². The van der Waals surface area contributed by atoms with Gasteiger partial charge in [-0.15, -0.1) is 0 Å². The summed E-state index contributed by atoms with van der Waals surface area (Å²) < 4.78 is 43.6. The van der Waals surface area contributed by atoms with Gasteiger partial charge in [-0.2, -0.15) is 13.2 Å². The zero-order valence-electron chi connectivity index (χ0n) is 15.9. The molecule has 0 spiro atoms. The number of alkyl carbamates (subject to hydrolysis) is 1. The predicted octanol–water partition coefficient (Wildman–Crippen LogP) is 4.86. The topological polar surface area (TPSA) is 77.2 Å². The number of aromatic nitrogens is 1. The molecule has 0 aliphatic heterocycles. The van der Waals surface area contributed by atoms with Crippen molar-refractivity contribution in [3.63, 3.8) is 0 Å². The van der Waals surface area contributed by atoms with Gasteiger partial charge in [-0.3, -0.25) is 4.98 Å². The fraction of sp³-hybridized carbons (Fsp3) is 0.400. The van der Waals surface area contributed by atoms with E-state index in [1.807, 2.05) is 12.1 Å². The molecule has 0 atom stereocenters. The summed E-state index contributed by atoms with van der Waals surface area (Å²) in [6, 6.07) is 7.98. The molecule has 28 heavy (non-hydrogen) atoms. The Balaban J connectivity index is 1.78. The first kappa shape index (κ1) is 20.0. The van der Waals surface area contributed by atoms with Crippen molar-refractivity contribution in [2.45, 2.75) is 50.9 Å². The van der Waals surface area contributed by atoms with Crippen molar-refractivity contribution >= 4 is 11.8 Å². The van der Waals surface area contributed by atoms with E-state index >= 15 is 0 Å². The molecule has 1 amide bonds. The van der Waals surface area contributed by atoms with E-state index < -0.39 is 29.0 Å². The average Bonchev–Trinajstić information content (AvgIpc) is 3.33. The van der Waals surface area contributed by atoms with Crippen LogP contribution < -0.4 is 11.1 Å². The molecule has 5 nitrogen and oxygen atoms in total. The van der Waals surface area contributed by atoms with Crippen molar-refractivity contribution in [1.82, 2.24) is 10.3 Å². The summed E-state index contributed by atoms with van der Waals surface area (Å²) in [5.74, 6) is 0. The van der Waals surface area contributed by atoms with Crippen LogP contribution in [0.5, 0.6) is 0 Å². The molecule has 1 aliphatic rings. The fourth-order valence-electron chi connectivity index (χ4n) is 2.93. The third kappa shape index (κ3) is 4.37. The van der Waals surface area contributed by atoms with Crippen LogP contribution in [0.15, 0.2) is 36.5 Å². The molecule has 8 heteroatoms. The fourth-order valence-corrected chi connectivity index (χ4v) is 2.93. The number of rotatable bonds is 3. The SMILES string of the molecule is CC(C)(C)OC(=O)NC1(c2ccc(-c3ncc(C(F)(F)F)cc3N)cc2)CC1. The molecule has 1 aromatic heterocycles. The first-order valence-corrected chi connectivity index (χ1v) is 8.84. The quantitative estimate of drug-likeness (QED) is 0.780. The van der Waals surface area contributed by atoms with Gasteiger partial charge in [0.25, 0.3) is 0 Å². The standard InChI is InChI=1S/C20H22F3N3O2/c1-18(2,3)28-17(27)26-19(8-9-19)13-6-4-12(5-7-13)16-15(24)10-14(11-25-16)20(21,22)23/h4-7,10-11H,8-9,24H2,1-3H3,(H,26,27). The number of nitrogens with zero attached hydrogens (tertiary/aromatic N) is 1. The highest BCUT2D eigenvalue weighted by Gasteiger charge is 2.46. The molecular weight excluding hydrogens is 371 g/mol. The Hall–Kier alpha value is -2.77. The van der Waals surface area contributed by atoms with Crippen LogP contribution >= 0.6 is 0 Å². The highest BCUT2D eigenvalue weighted by Crippen LogP contribution is 2.46. The summed E-state index contributed by atoms with van der Waals surface area (Å²) in [7, 11) is 0. The average molecular weight is 393 g/mol. The van der Waals surface area contributed by atoms with Crippen LogP contribution in [0, 0.1) is 0 Å². The number of carbonyl (C=O) groups excluding carboxylic acids is 1. The van der Waals surface area contributed by atoms with Gasteiger partial charge in [-0.25, -0.2) is 4.79 Å². The van der Waals surface area contributed by atoms with Crippen LogP contribution in [0.3, 0.4) is 0 Å². The van der Waals surface area contributed by atoms with Gasteiger partial charge in [0.2, 0.25) is 0 Å². The first-order valence-electron chi connectivity index (χ1n) is 8.84. The number of alkyl halides is 3. The Morgan fingerprint density at radius 1 is 1.18 bits per heavy atom. The van der Waals surface area contributed by atoms with Crippen LogP contribution in [0.4, 0.5) is 23.7 Å². The number of anilines is 1. The van der Waals surface area contributed by atoms with E-state index in [0.29, 0.717) is 5.56 Å². The third-order valence-corrected chi connectivity index (χ3v) is 4.45. The maximum Gasteiger partial charge on any atom is 0.417 e. The number of hydrogen-bond acceptors (Lipinski definition) is 4. The van der Waals surface area contributed by atoms with Crippen LogP contribution in [0.25, 0.3) is 11.3 Å². The molecule has 1 aliphatic carbocycles. The minimum absolute atomic E-state index is 0.0457. The molecule has 2 aromatic rings. The lowest BCUT2D eigenvalue weighted by Gasteiger charge is -2.23. The zero-order valence-corrected chi connectivity index (χ0v) is 15.9. The van der Waals surface area contributed by atoms with Gasteiger partial charge in [0, 0.05) is 11.8 Å². The smallest absolute Gasteiger partial charge is 0.417 e. The van der Waals surface area contributed by atoms with E-state index in [1.54, 1.807) is 32.9 Å². The Labute approximate surface area is 161 Å². The highest BCUT2D eigenvalue weighted by molar-refractivity contribution is 5.74. The molecule has 1 heterocycles. The van der Waals surface area contributed by atoms with Crippen molar-refractivity contribution in [2.24, 2.45) is 0 Å². The van der Waals surface area contributed by atoms with Gasteiger partial charge < -0.3 is 15.8 Å². The van der Waals surface area contributed by atoms with Gasteiger partial charge in [-0.1, -0.05) is 24.3 Å². The molecule has 0 unspecified atom stereocenters. The van der Waals surface area contributed by atoms with Crippen LogP contribution in [-0.2, 0) is 16.5 Å². The number of halogens is 3. The third-order valence-electron chi connectivity index (χ3n) is 4.45. The minimum atomic E-state index is -4.49. The van der Waals surface area contributed by atoms with Crippen molar-refractivity contribution in [1.29, 1.82) is 0 Å². The number of nitrogens with one attached hydrogen (secondary N) is 1. The normalized spacial score (nSPS) is 15.8. The molecule has 0 bridgehead atoms. The number of ether oxygens (including phenoxy) is 1. The number of benzene rings is 1. The second-order valence-electron chi connectivity index (χ2n) is 7.95. The summed E-state index contributed by atoms with van der Waals surface area (Å²) in [5.41, 5.74) is 5.56. The lowest BCUT2D eigenvalue weighted by atomic mass is 10.0. The molecule has 1 aromatic carbocycles. The zero-order chi connectivity index (χ0) is 20.7. The van der Waals surface area contributed by atoms with Gasteiger partial charge in [0.1, 0.15) is 5.60 Å². The highest BCUT2D eigenvalue weighted by atomic mass is 19.4. The summed E-state index contributed by atoms with van der Waals surface area (Å²) in [5, 5.41) is 2.91. The molecule has 3 rings (SSSR count). The van der Waals surface area contributed by atoms with Crippen molar-refractivity contribution in [2.75, 3.05) is 5.73 Å². The Kier molecular flexibility index (Phi) is 4.77. The van der Waals surface area contributed by atoms with Crippen LogP contribution in [0.2, 0.25) is 0 Å². The van der Waals surface area contributed by atoms with E-state index in [2.05, 4.69) is 10.3 Å². The Morgan fingerprint density at radius 2 is 1.79 bits per heavy atom. The number of amides is 1. The van der Waals surface area contributed by atoms with Crippen LogP contribution in [0.1, 0.15) is 44.7 Å². The van der Waals surface area contributed by atoms with E-state index in [9.17, 15) is 18.0 Å². The second-order valence-corrected chi connectivity index (χ2v) is 7.95. The molecule has 1 fully saturated rings. The number of pyridine rings is 1. The van der Waals surface area contributed by atoms with Gasteiger partial charge in [-0.05, 0) is 45.2 Å². The van der Waals surface area contributed by atoms with Crippen LogP contribution in [-0.4, -0.2) is 16.7 Å². The number of hydrogen-bond donors (Lipinski definition) is 2. The van der Waals surface area contributed by atoms with E-state index in [-0.39, 0.29) is 11.4 Å². The summed E-state index contributed by atoms with van der Waals surface area (Å²) in [4.78, 5) is 16.0. The van der Waals surface area contributed by atoms with E-state index in [1.165, 1.54) is 0 Å². The van der Waals surface area contributed by atoms with Gasteiger partial charge >= 0.3 is 12.3 Å². The molecule has 1 saturated carbocycles. The molecule has 150 valence electrons. The lowest BCUT2D eigenvalue weighted by Crippen LogP contribution is -2.39. The molecular formula is C20H22F3N3O2. The largest absolute Gasteiger partial charge is 0.444 e. The van der Waals surface area contributed by atoms with Crippen molar-refractivity contribution in [3.05, 3.63) is 47.7 Å². The maximum absolute atomic E-state index is 12.8. The lowest BCUT2D eigenvalue weighted by molar-refractivity contribution is -0.137. The maximum atomic E-state index is 12.8. The first-order chi connectivity index (χ1) is 12.9. The Bertz CT molecular complexity index is 883. The molecule has 0 radical (unpaired) electrons. The summed E-state index contributed by atoms with van der Waals surface area (Å²) >= 11 is 0. The van der Waals surface area contributed by atoms with Crippen molar-refractivity contribution < 1.29 is 22.7 Å². The molecule has 0 saturated heterocycles.